The zero-order valence-electron chi connectivity index (χ0n) is 11.8. The van der Waals surface area contributed by atoms with Crippen LogP contribution in [-0.2, 0) is 0 Å². The monoisotopic (exact) mass is 266 g/mol. The van der Waals surface area contributed by atoms with Crippen LogP contribution in [0.4, 0.5) is 5.95 Å². The Balaban J connectivity index is 2.04. The van der Waals surface area contributed by atoms with Crippen molar-refractivity contribution in [2.45, 2.75) is 58.7 Å². The molecule has 6 nitrogen and oxygen atoms in total. The first-order chi connectivity index (χ1) is 9.02. The lowest BCUT2D eigenvalue weighted by atomic mass is 9.89. The van der Waals surface area contributed by atoms with Crippen molar-refractivity contribution in [2.24, 2.45) is 5.92 Å². The van der Waals surface area contributed by atoms with Gasteiger partial charge in [0.1, 0.15) is 6.10 Å². The summed E-state index contributed by atoms with van der Waals surface area (Å²) in [6, 6.07) is 0.489. The fourth-order valence-corrected chi connectivity index (χ4v) is 2.30. The second-order valence-electron chi connectivity index (χ2n) is 5.44. The largest absolute Gasteiger partial charge is 0.461 e. The van der Waals surface area contributed by atoms with Crippen molar-refractivity contribution in [1.29, 1.82) is 0 Å². The predicted octanol–water partition coefficient (Wildman–Crippen LogP) is 2.20. The van der Waals surface area contributed by atoms with Crippen LogP contribution in [0.15, 0.2) is 0 Å². The molecule has 2 unspecified atom stereocenters. The molecular formula is C13H22N4O2. The number of anilines is 1. The molecule has 1 aromatic heterocycles. The third-order valence-corrected chi connectivity index (χ3v) is 3.11. The minimum atomic E-state index is -0.00986. The second-order valence-corrected chi connectivity index (χ2v) is 5.44. The van der Waals surface area contributed by atoms with Crippen molar-refractivity contribution in [3.05, 3.63) is 0 Å². The van der Waals surface area contributed by atoms with Gasteiger partial charge in [-0.15, -0.1) is 4.98 Å². The highest BCUT2D eigenvalue weighted by molar-refractivity contribution is 5.20. The lowest BCUT2D eigenvalue weighted by Gasteiger charge is -2.26. The molecule has 0 amide bonds. The molecule has 106 valence electrons. The average Bonchev–Trinajstić information content (AvgIpc) is 2.26. The molecule has 1 aliphatic rings. The van der Waals surface area contributed by atoms with E-state index in [1.165, 1.54) is 12.8 Å². The molecule has 1 heterocycles. The van der Waals surface area contributed by atoms with Crippen LogP contribution in [0.25, 0.3) is 0 Å². The maximum atomic E-state index is 5.81. The summed E-state index contributed by atoms with van der Waals surface area (Å²) in [5.74, 6) is 0.814. The Morgan fingerprint density at radius 2 is 1.89 bits per heavy atom. The third kappa shape index (κ3) is 4.22. The Labute approximate surface area is 113 Å². The molecule has 0 aliphatic heterocycles. The summed E-state index contributed by atoms with van der Waals surface area (Å²) >= 11 is 0. The van der Waals surface area contributed by atoms with Gasteiger partial charge in [-0.1, -0.05) is 13.3 Å². The number of nitrogens with zero attached hydrogens (tertiary/aromatic N) is 3. The molecule has 19 heavy (non-hydrogen) atoms. The van der Waals surface area contributed by atoms with Crippen molar-refractivity contribution in [3.63, 3.8) is 0 Å². The Bertz CT molecular complexity index is 425. The Morgan fingerprint density at radius 1 is 1.16 bits per heavy atom. The van der Waals surface area contributed by atoms with E-state index in [-0.39, 0.29) is 30.2 Å². The van der Waals surface area contributed by atoms with E-state index in [0.717, 1.165) is 12.8 Å². The molecule has 1 fully saturated rings. The fourth-order valence-electron chi connectivity index (χ4n) is 2.30. The number of nitrogen functional groups attached to an aromatic ring is 1. The van der Waals surface area contributed by atoms with Crippen LogP contribution in [0.5, 0.6) is 12.0 Å². The highest BCUT2D eigenvalue weighted by Gasteiger charge is 2.21. The van der Waals surface area contributed by atoms with Crippen molar-refractivity contribution >= 4 is 5.95 Å². The van der Waals surface area contributed by atoms with Gasteiger partial charge >= 0.3 is 12.0 Å². The van der Waals surface area contributed by atoms with Crippen molar-refractivity contribution in [2.75, 3.05) is 5.73 Å². The van der Waals surface area contributed by atoms with Gasteiger partial charge in [0.05, 0.1) is 6.10 Å². The van der Waals surface area contributed by atoms with Gasteiger partial charge in [0.2, 0.25) is 5.95 Å². The molecule has 1 aromatic rings. The maximum absolute atomic E-state index is 5.81. The summed E-state index contributed by atoms with van der Waals surface area (Å²) in [4.78, 5) is 12.1. The molecule has 2 atom stereocenters. The first-order valence-corrected chi connectivity index (χ1v) is 6.88. The molecule has 0 spiro atoms. The van der Waals surface area contributed by atoms with Gasteiger partial charge < -0.3 is 15.2 Å². The van der Waals surface area contributed by atoms with E-state index in [0.29, 0.717) is 5.92 Å². The second kappa shape index (κ2) is 6.04. The van der Waals surface area contributed by atoms with E-state index in [2.05, 4.69) is 21.9 Å². The van der Waals surface area contributed by atoms with Gasteiger partial charge in [-0.25, -0.2) is 0 Å². The van der Waals surface area contributed by atoms with Crippen LogP contribution >= 0.6 is 0 Å². The summed E-state index contributed by atoms with van der Waals surface area (Å²) < 4.78 is 11.2. The molecule has 1 aliphatic carbocycles. The summed E-state index contributed by atoms with van der Waals surface area (Å²) in [7, 11) is 0. The minimum Gasteiger partial charge on any atom is -0.461 e. The Kier molecular flexibility index (Phi) is 4.39. The zero-order chi connectivity index (χ0) is 13.8. The molecule has 1 saturated carbocycles. The minimum absolute atomic E-state index is 0.00986. The van der Waals surface area contributed by atoms with Crippen LogP contribution < -0.4 is 15.2 Å². The SMILES string of the molecule is CC1CCCC(Oc2nc(N)nc(OC(C)C)n2)C1. The topological polar surface area (TPSA) is 83.2 Å². The molecule has 2 rings (SSSR count). The van der Waals surface area contributed by atoms with Crippen LogP contribution in [0, 0.1) is 5.92 Å². The lowest BCUT2D eigenvalue weighted by molar-refractivity contribution is 0.115. The van der Waals surface area contributed by atoms with E-state index >= 15 is 0 Å². The summed E-state index contributed by atoms with van der Waals surface area (Å²) in [5.41, 5.74) is 5.65. The third-order valence-electron chi connectivity index (χ3n) is 3.11. The molecule has 0 radical (unpaired) electrons. The number of aromatic nitrogens is 3. The van der Waals surface area contributed by atoms with E-state index in [4.69, 9.17) is 15.2 Å². The number of rotatable bonds is 4. The van der Waals surface area contributed by atoms with Gasteiger partial charge in [-0.3, -0.25) is 0 Å². The van der Waals surface area contributed by atoms with Crippen molar-refractivity contribution in [1.82, 2.24) is 15.0 Å². The first kappa shape index (κ1) is 13.8. The number of hydrogen-bond donors (Lipinski definition) is 1. The zero-order valence-corrected chi connectivity index (χ0v) is 11.8. The van der Waals surface area contributed by atoms with E-state index < -0.39 is 0 Å². The van der Waals surface area contributed by atoms with Gasteiger partial charge in [0, 0.05) is 0 Å². The molecule has 2 N–H and O–H groups in total. The van der Waals surface area contributed by atoms with Gasteiger partial charge in [-0.05, 0) is 39.0 Å². The standard InChI is InChI=1S/C13H22N4O2/c1-8(2)18-12-15-11(14)16-13(17-12)19-10-6-4-5-9(3)7-10/h8-10H,4-7H2,1-3H3,(H2,14,15,16,17). The average molecular weight is 266 g/mol. The highest BCUT2D eigenvalue weighted by Crippen LogP contribution is 2.26. The van der Waals surface area contributed by atoms with E-state index in [9.17, 15) is 0 Å². The normalized spacial score (nSPS) is 23.4. The smallest absolute Gasteiger partial charge is 0.324 e. The van der Waals surface area contributed by atoms with Gasteiger partial charge in [0.15, 0.2) is 0 Å². The summed E-state index contributed by atoms with van der Waals surface area (Å²) in [6.45, 7) is 6.05. The molecular weight excluding hydrogens is 244 g/mol. The number of ether oxygens (including phenoxy) is 2. The molecule has 6 heteroatoms. The van der Waals surface area contributed by atoms with E-state index in [1.54, 1.807) is 0 Å². The van der Waals surface area contributed by atoms with Crippen LogP contribution in [-0.4, -0.2) is 27.2 Å². The quantitative estimate of drug-likeness (QED) is 0.899. The van der Waals surface area contributed by atoms with Crippen molar-refractivity contribution in [3.8, 4) is 12.0 Å². The van der Waals surface area contributed by atoms with Crippen molar-refractivity contribution < 1.29 is 9.47 Å². The van der Waals surface area contributed by atoms with Crippen LogP contribution in [0.1, 0.15) is 46.5 Å². The Hall–Kier alpha value is -1.59. The predicted molar refractivity (Wildman–Crippen MR) is 72.1 cm³/mol. The highest BCUT2D eigenvalue weighted by atomic mass is 16.5. The summed E-state index contributed by atoms with van der Waals surface area (Å²) in [5, 5.41) is 0. The lowest BCUT2D eigenvalue weighted by Crippen LogP contribution is -2.25. The summed E-state index contributed by atoms with van der Waals surface area (Å²) in [6.07, 6.45) is 4.67. The first-order valence-electron chi connectivity index (χ1n) is 6.88. The molecule has 0 bridgehead atoms. The molecule has 0 aromatic carbocycles. The van der Waals surface area contributed by atoms with E-state index in [1.807, 2.05) is 13.8 Å². The fraction of sp³-hybridized carbons (Fsp3) is 0.769. The van der Waals surface area contributed by atoms with Crippen LogP contribution in [0.2, 0.25) is 0 Å². The van der Waals surface area contributed by atoms with Crippen LogP contribution in [0.3, 0.4) is 0 Å². The van der Waals surface area contributed by atoms with Gasteiger partial charge in [-0.2, -0.15) is 9.97 Å². The maximum Gasteiger partial charge on any atom is 0.324 e. The number of nitrogens with two attached hydrogens (primary N) is 1. The Morgan fingerprint density at radius 3 is 2.58 bits per heavy atom. The number of hydrogen-bond acceptors (Lipinski definition) is 6. The van der Waals surface area contributed by atoms with Gasteiger partial charge in [0.25, 0.3) is 0 Å². The molecule has 0 saturated heterocycles.